The summed E-state index contributed by atoms with van der Waals surface area (Å²) in [5.41, 5.74) is 0.534. The van der Waals surface area contributed by atoms with Crippen LogP contribution in [0.5, 0.6) is 0 Å². The van der Waals surface area contributed by atoms with E-state index >= 15 is 0 Å². The van der Waals surface area contributed by atoms with Gasteiger partial charge in [0.2, 0.25) is 5.91 Å². The Hall–Kier alpha value is -1.91. The van der Waals surface area contributed by atoms with Gasteiger partial charge < -0.3 is 19.5 Å². The fraction of sp³-hybridized carbons (Fsp3) is 0.652. The number of aromatic nitrogens is 2. The number of hydrogen-bond acceptors (Lipinski definition) is 8. The van der Waals surface area contributed by atoms with E-state index in [0.717, 1.165) is 29.5 Å². The Morgan fingerprint density at radius 3 is 2.67 bits per heavy atom. The van der Waals surface area contributed by atoms with Crippen LogP contribution in [0.3, 0.4) is 0 Å². The number of aromatic amines is 1. The average molecular weight is 495 g/mol. The molecule has 2 aromatic rings. The van der Waals surface area contributed by atoms with Crippen LogP contribution in [0, 0.1) is 0 Å². The minimum atomic E-state index is -0.586. The van der Waals surface area contributed by atoms with Crippen molar-refractivity contribution in [2.45, 2.75) is 57.8 Å². The highest BCUT2D eigenvalue weighted by Crippen LogP contribution is 2.34. The van der Waals surface area contributed by atoms with E-state index in [0.29, 0.717) is 36.8 Å². The number of thioether (sulfide) groups is 1. The molecule has 0 saturated heterocycles. The Bertz CT molecular complexity index is 1060. The molecule has 0 spiro atoms. The van der Waals surface area contributed by atoms with Gasteiger partial charge in [-0.05, 0) is 59.7 Å². The minimum absolute atomic E-state index is 0.0524. The maximum Gasteiger partial charge on any atom is 0.326 e. The van der Waals surface area contributed by atoms with Crippen LogP contribution >= 0.6 is 23.1 Å². The molecule has 33 heavy (non-hydrogen) atoms. The van der Waals surface area contributed by atoms with E-state index < -0.39 is 11.6 Å². The first-order chi connectivity index (χ1) is 15.5. The topological polar surface area (TPSA) is 95.6 Å². The number of H-pyrrole nitrogens is 1. The molecule has 0 aliphatic heterocycles. The van der Waals surface area contributed by atoms with Gasteiger partial charge in [-0.1, -0.05) is 0 Å². The van der Waals surface area contributed by atoms with Crippen molar-refractivity contribution in [3.05, 3.63) is 26.6 Å². The molecule has 182 valence electrons. The van der Waals surface area contributed by atoms with Gasteiger partial charge in [0, 0.05) is 30.1 Å². The highest BCUT2D eigenvalue weighted by Gasteiger charge is 2.23. The van der Waals surface area contributed by atoms with Crippen LogP contribution in [0.4, 0.5) is 0 Å². The summed E-state index contributed by atoms with van der Waals surface area (Å²) in [5.74, 6) is 1.27. The van der Waals surface area contributed by atoms with Crippen molar-refractivity contribution in [3.63, 3.8) is 0 Å². The standard InChI is InChI=1S/C23H34N4O4S2/c1-23(2,3)31-19(29)13-27(11-10-26(4)5)18(28)9-12-32-14-17-24-21(30)20-15-7-6-8-16(15)33-22(20)25-17/h6-14H2,1-5H3,(H,24,25,30). The third-order valence-electron chi connectivity index (χ3n) is 5.23. The Kier molecular flexibility index (Phi) is 8.58. The molecular weight excluding hydrogens is 460 g/mol. The fourth-order valence-corrected chi connectivity index (χ4v) is 5.82. The molecule has 2 aromatic heterocycles. The second-order valence-electron chi connectivity index (χ2n) is 9.56. The van der Waals surface area contributed by atoms with E-state index in [4.69, 9.17) is 4.74 Å². The molecule has 0 unspecified atom stereocenters. The summed E-state index contributed by atoms with van der Waals surface area (Å²) in [6, 6.07) is 0. The van der Waals surface area contributed by atoms with Crippen LogP contribution < -0.4 is 5.56 Å². The lowest BCUT2D eigenvalue weighted by molar-refractivity contribution is -0.158. The van der Waals surface area contributed by atoms with Crippen molar-refractivity contribution < 1.29 is 14.3 Å². The van der Waals surface area contributed by atoms with Gasteiger partial charge in [-0.25, -0.2) is 4.98 Å². The molecule has 0 saturated carbocycles. The number of likely N-dealkylation sites (N-methyl/N-ethyl adjacent to an activating group) is 1. The second-order valence-corrected chi connectivity index (χ2v) is 11.7. The van der Waals surface area contributed by atoms with Crippen molar-refractivity contribution in [1.29, 1.82) is 0 Å². The van der Waals surface area contributed by atoms with Crippen molar-refractivity contribution in [1.82, 2.24) is 19.8 Å². The van der Waals surface area contributed by atoms with Crippen molar-refractivity contribution in [2.75, 3.05) is 39.5 Å². The van der Waals surface area contributed by atoms with Gasteiger partial charge in [0.05, 0.1) is 11.1 Å². The first-order valence-electron chi connectivity index (χ1n) is 11.3. The molecule has 2 heterocycles. The number of amides is 1. The van der Waals surface area contributed by atoms with E-state index in [1.807, 2.05) is 39.8 Å². The van der Waals surface area contributed by atoms with Gasteiger partial charge in [0.25, 0.3) is 5.56 Å². The van der Waals surface area contributed by atoms with Gasteiger partial charge in [-0.2, -0.15) is 11.8 Å². The number of fused-ring (bicyclic) bond motifs is 3. The zero-order chi connectivity index (χ0) is 24.2. The predicted octanol–water partition coefficient (Wildman–Crippen LogP) is 2.83. The lowest BCUT2D eigenvalue weighted by atomic mass is 10.2. The maximum absolute atomic E-state index is 12.8. The normalized spacial score (nSPS) is 13.5. The van der Waals surface area contributed by atoms with Gasteiger partial charge in [0.1, 0.15) is 22.8 Å². The Morgan fingerprint density at radius 1 is 1.21 bits per heavy atom. The van der Waals surface area contributed by atoms with Crippen LogP contribution in [0.2, 0.25) is 0 Å². The lowest BCUT2D eigenvalue weighted by Gasteiger charge is -2.26. The Balaban J connectivity index is 1.53. The summed E-state index contributed by atoms with van der Waals surface area (Å²) in [6.07, 6.45) is 3.42. The Morgan fingerprint density at radius 2 is 1.97 bits per heavy atom. The monoisotopic (exact) mass is 494 g/mol. The molecule has 3 rings (SSSR count). The highest BCUT2D eigenvalue weighted by atomic mass is 32.2. The summed E-state index contributed by atoms with van der Waals surface area (Å²) in [4.78, 5) is 50.8. The summed E-state index contributed by atoms with van der Waals surface area (Å²) >= 11 is 3.18. The number of hydrogen-bond donors (Lipinski definition) is 1. The van der Waals surface area contributed by atoms with E-state index in [1.165, 1.54) is 10.4 Å². The maximum atomic E-state index is 12.8. The number of nitrogens with zero attached hydrogens (tertiary/aromatic N) is 3. The van der Waals surface area contributed by atoms with E-state index in [1.54, 1.807) is 28.0 Å². The molecule has 10 heteroatoms. The largest absolute Gasteiger partial charge is 0.459 e. The van der Waals surface area contributed by atoms with E-state index in [2.05, 4.69) is 9.97 Å². The van der Waals surface area contributed by atoms with Gasteiger partial charge >= 0.3 is 5.97 Å². The average Bonchev–Trinajstić information content (AvgIpc) is 3.27. The van der Waals surface area contributed by atoms with E-state index in [-0.39, 0.29) is 18.0 Å². The van der Waals surface area contributed by atoms with Crippen molar-refractivity contribution in [3.8, 4) is 0 Å². The quantitative estimate of drug-likeness (QED) is 0.401. The second kappa shape index (κ2) is 11.0. The van der Waals surface area contributed by atoms with E-state index in [9.17, 15) is 14.4 Å². The third kappa shape index (κ3) is 7.28. The zero-order valence-electron chi connectivity index (χ0n) is 20.2. The zero-order valence-corrected chi connectivity index (χ0v) is 21.8. The minimum Gasteiger partial charge on any atom is -0.459 e. The smallest absolute Gasteiger partial charge is 0.326 e. The number of carbonyl (C=O) groups is 2. The summed E-state index contributed by atoms with van der Waals surface area (Å²) in [5, 5.41) is 0.759. The lowest BCUT2D eigenvalue weighted by Crippen LogP contribution is -2.42. The first kappa shape index (κ1) is 25.7. The molecule has 1 N–H and O–H groups in total. The number of ether oxygens (including phenoxy) is 1. The first-order valence-corrected chi connectivity index (χ1v) is 13.3. The van der Waals surface area contributed by atoms with Gasteiger partial charge in [-0.15, -0.1) is 11.3 Å². The van der Waals surface area contributed by atoms with Crippen molar-refractivity contribution in [2.24, 2.45) is 0 Å². The number of esters is 1. The number of carbonyl (C=O) groups excluding carboxylic acids is 2. The van der Waals surface area contributed by atoms with Crippen LogP contribution in [0.25, 0.3) is 10.2 Å². The summed E-state index contributed by atoms with van der Waals surface area (Å²) in [7, 11) is 3.86. The van der Waals surface area contributed by atoms with Gasteiger partial charge in [0.15, 0.2) is 0 Å². The van der Waals surface area contributed by atoms with Crippen molar-refractivity contribution >= 4 is 45.2 Å². The number of rotatable bonds is 10. The molecule has 0 bridgehead atoms. The molecule has 0 aromatic carbocycles. The molecule has 0 radical (unpaired) electrons. The molecular formula is C23H34N4O4S2. The molecule has 8 nitrogen and oxygen atoms in total. The molecule has 1 amide bonds. The Labute approximate surface area is 203 Å². The number of nitrogens with one attached hydrogen (secondary N) is 1. The third-order valence-corrected chi connectivity index (χ3v) is 7.39. The van der Waals surface area contributed by atoms with Crippen LogP contribution in [-0.4, -0.2) is 76.7 Å². The predicted molar refractivity (Wildman–Crippen MR) is 134 cm³/mol. The number of thiophene rings is 1. The molecule has 0 atom stereocenters. The highest BCUT2D eigenvalue weighted by molar-refractivity contribution is 7.98. The fourth-order valence-electron chi connectivity index (χ4n) is 3.74. The molecule has 0 fully saturated rings. The summed E-state index contributed by atoms with van der Waals surface area (Å²) in [6.45, 7) is 6.51. The molecule has 1 aliphatic rings. The SMILES string of the molecule is CN(C)CCN(CC(=O)OC(C)(C)C)C(=O)CCSCc1nc2sc3c(c2c(=O)[nH]1)CCC3. The van der Waals surface area contributed by atoms with Crippen LogP contribution in [-0.2, 0) is 32.9 Å². The number of aryl methyl sites for hydroxylation is 2. The summed E-state index contributed by atoms with van der Waals surface area (Å²) < 4.78 is 5.38. The van der Waals surface area contributed by atoms with Crippen LogP contribution in [0.15, 0.2) is 4.79 Å². The van der Waals surface area contributed by atoms with Gasteiger partial charge in [-0.3, -0.25) is 14.4 Å². The molecule has 1 aliphatic carbocycles. The van der Waals surface area contributed by atoms with Crippen LogP contribution in [0.1, 0.15) is 49.9 Å².